The molecule has 18 heavy (non-hydrogen) atoms. The third kappa shape index (κ3) is 2.30. The van der Waals surface area contributed by atoms with Gasteiger partial charge >= 0.3 is 0 Å². The molecule has 0 aliphatic heterocycles. The Labute approximate surface area is 118 Å². The number of hydrogen-bond acceptors (Lipinski definition) is 2. The molecule has 100 valence electrons. The van der Waals surface area contributed by atoms with Crippen molar-refractivity contribution in [1.29, 1.82) is 0 Å². The Balaban J connectivity index is 2.08. The van der Waals surface area contributed by atoms with E-state index in [0.717, 1.165) is 29.5 Å². The maximum absolute atomic E-state index is 6.17. The number of benzene rings is 1. The van der Waals surface area contributed by atoms with E-state index in [9.17, 15) is 0 Å². The number of nitrogens with one attached hydrogen (secondary N) is 1. The number of hydrogen-bond donors (Lipinski definition) is 1. The number of ether oxygens (including phenoxy) is 1. The van der Waals surface area contributed by atoms with Crippen LogP contribution in [0.4, 0.5) is 0 Å². The van der Waals surface area contributed by atoms with E-state index in [0.29, 0.717) is 17.6 Å². The molecule has 1 saturated carbocycles. The largest absolute Gasteiger partial charge is 0.490 e. The van der Waals surface area contributed by atoms with E-state index in [4.69, 9.17) is 4.74 Å². The molecule has 1 aromatic rings. The van der Waals surface area contributed by atoms with Crippen LogP contribution in [0.25, 0.3) is 0 Å². The zero-order chi connectivity index (χ0) is 13.2. The molecule has 0 radical (unpaired) electrons. The molecule has 0 amide bonds. The number of rotatable bonds is 5. The predicted molar refractivity (Wildman–Crippen MR) is 79.0 cm³/mol. The Morgan fingerprint density at radius 2 is 1.89 bits per heavy atom. The normalized spacial score (nSPS) is 25.6. The van der Waals surface area contributed by atoms with E-state index in [1.807, 2.05) is 24.3 Å². The van der Waals surface area contributed by atoms with Crippen LogP contribution in [0.3, 0.4) is 0 Å². The van der Waals surface area contributed by atoms with E-state index >= 15 is 0 Å². The van der Waals surface area contributed by atoms with Crippen LogP contribution in [0, 0.1) is 5.41 Å². The molecule has 1 aromatic carbocycles. The molecule has 2 atom stereocenters. The lowest BCUT2D eigenvalue weighted by atomic mass is 9.58. The zero-order valence-corrected chi connectivity index (χ0v) is 13.0. The molecule has 2 unspecified atom stereocenters. The molecular weight excluding hydrogens is 290 g/mol. The summed E-state index contributed by atoms with van der Waals surface area (Å²) in [5.74, 6) is 0.976. The second-order valence-electron chi connectivity index (χ2n) is 5.08. The minimum Gasteiger partial charge on any atom is -0.490 e. The van der Waals surface area contributed by atoms with E-state index < -0.39 is 0 Å². The quantitative estimate of drug-likeness (QED) is 0.887. The highest BCUT2D eigenvalue weighted by atomic mass is 79.9. The first kappa shape index (κ1) is 13.9. The first-order chi connectivity index (χ1) is 8.66. The van der Waals surface area contributed by atoms with Crippen LogP contribution in [0.2, 0.25) is 0 Å². The van der Waals surface area contributed by atoms with Gasteiger partial charge in [0.25, 0.3) is 0 Å². The fourth-order valence-electron chi connectivity index (χ4n) is 3.19. The fourth-order valence-corrected chi connectivity index (χ4v) is 3.46. The molecule has 0 aromatic heterocycles. The first-order valence-corrected chi connectivity index (χ1v) is 7.55. The topological polar surface area (TPSA) is 21.3 Å². The fraction of sp³-hybridized carbons (Fsp3) is 0.600. The molecule has 2 nitrogen and oxygen atoms in total. The van der Waals surface area contributed by atoms with Gasteiger partial charge in [0, 0.05) is 22.4 Å². The van der Waals surface area contributed by atoms with E-state index in [1.165, 1.54) is 0 Å². The zero-order valence-electron chi connectivity index (χ0n) is 11.4. The second kappa shape index (κ2) is 5.62. The molecule has 1 aliphatic rings. The molecule has 1 fully saturated rings. The van der Waals surface area contributed by atoms with Crippen molar-refractivity contribution in [3.8, 4) is 5.75 Å². The van der Waals surface area contributed by atoms with Gasteiger partial charge in [0.15, 0.2) is 0 Å². The third-order valence-electron chi connectivity index (χ3n) is 4.54. The van der Waals surface area contributed by atoms with Gasteiger partial charge in [-0.3, -0.25) is 0 Å². The summed E-state index contributed by atoms with van der Waals surface area (Å²) in [4.78, 5) is 0. The van der Waals surface area contributed by atoms with Gasteiger partial charge in [0.2, 0.25) is 0 Å². The van der Waals surface area contributed by atoms with Crippen molar-refractivity contribution >= 4 is 15.9 Å². The monoisotopic (exact) mass is 311 g/mol. The summed E-state index contributed by atoms with van der Waals surface area (Å²) < 4.78 is 7.27. The van der Waals surface area contributed by atoms with Crippen LogP contribution in [0.5, 0.6) is 5.75 Å². The average Bonchev–Trinajstić information content (AvgIpc) is 2.38. The molecule has 0 saturated heterocycles. The molecule has 3 heteroatoms. The van der Waals surface area contributed by atoms with Crippen LogP contribution in [0.1, 0.15) is 33.1 Å². The predicted octanol–water partition coefficient (Wildman–Crippen LogP) is 3.99. The van der Waals surface area contributed by atoms with Gasteiger partial charge in [-0.15, -0.1) is 0 Å². The van der Waals surface area contributed by atoms with Crippen LogP contribution < -0.4 is 10.1 Å². The molecule has 0 heterocycles. The lowest BCUT2D eigenvalue weighted by molar-refractivity contribution is -0.0835. The molecule has 0 spiro atoms. The van der Waals surface area contributed by atoms with Gasteiger partial charge in [-0.1, -0.05) is 29.8 Å². The van der Waals surface area contributed by atoms with E-state index in [2.05, 4.69) is 42.1 Å². The Hall–Kier alpha value is -0.540. The van der Waals surface area contributed by atoms with Crippen molar-refractivity contribution in [2.75, 3.05) is 7.05 Å². The van der Waals surface area contributed by atoms with Gasteiger partial charge in [0.1, 0.15) is 11.9 Å². The minimum absolute atomic E-state index is 0.293. The molecule has 1 N–H and O–H groups in total. The summed E-state index contributed by atoms with van der Waals surface area (Å²) in [6, 6.07) is 8.72. The Kier molecular flexibility index (Phi) is 4.33. The summed E-state index contributed by atoms with van der Waals surface area (Å²) in [5.41, 5.74) is 0.293. The molecule has 1 aliphatic carbocycles. The summed E-state index contributed by atoms with van der Waals surface area (Å²) in [5, 5.41) is 3.43. The van der Waals surface area contributed by atoms with Crippen molar-refractivity contribution in [1.82, 2.24) is 5.32 Å². The van der Waals surface area contributed by atoms with Gasteiger partial charge in [-0.25, -0.2) is 0 Å². The summed E-state index contributed by atoms with van der Waals surface area (Å²) >= 11 is 3.45. The lowest BCUT2D eigenvalue weighted by Crippen LogP contribution is -2.63. The Morgan fingerprint density at radius 3 is 2.39 bits per heavy atom. The highest BCUT2D eigenvalue weighted by Gasteiger charge is 2.53. The van der Waals surface area contributed by atoms with Crippen molar-refractivity contribution in [3.63, 3.8) is 0 Å². The van der Waals surface area contributed by atoms with Gasteiger partial charge in [-0.2, -0.15) is 0 Å². The van der Waals surface area contributed by atoms with E-state index in [1.54, 1.807) is 0 Å². The maximum Gasteiger partial charge on any atom is 0.119 e. The van der Waals surface area contributed by atoms with Crippen LogP contribution >= 0.6 is 15.9 Å². The Bertz CT molecular complexity index is 386. The van der Waals surface area contributed by atoms with Gasteiger partial charge in [-0.05, 0) is 44.2 Å². The molecule has 2 rings (SSSR count). The minimum atomic E-state index is 0.293. The standard InChI is InChI=1S/C15H22BrNO/c1-4-15(5-2)13(17-3)10-14(15)18-12-8-6-11(16)7-9-12/h6-9,13-14,17H,4-5,10H2,1-3H3. The van der Waals surface area contributed by atoms with Crippen LogP contribution in [0.15, 0.2) is 28.7 Å². The smallest absolute Gasteiger partial charge is 0.119 e. The van der Waals surface area contributed by atoms with Crippen LogP contribution in [-0.2, 0) is 0 Å². The SMILES string of the molecule is CCC1(CC)C(NC)CC1Oc1ccc(Br)cc1. The molecule has 0 bridgehead atoms. The van der Waals surface area contributed by atoms with Crippen molar-refractivity contribution in [3.05, 3.63) is 28.7 Å². The summed E-state index contributed by atoms with van der Waals surface area (Å²) in [7, 11) is 2.06. The maximum atomic E-state index is 6.17. The summed E-state index contributed by atoms with van der Waals surface area (Å²) in [6.45, 7) is 4.54. The first-order valence-electron chi connectivity index (χ1n) is 6.75. The van der Waals surface area contributed by atoms with E-state index in [-0.39, 0.29) is 0 Å². The van der Waals surface area contributed by atoms with Crippen LogP contribution in [-0.4, -0.2) is 19.2 Å². The third-order valence-corrected chi connectivity index (χ3v) is 5.07. The second-order valence-corrected chi connectivity index (χ2v) is 5.99. The molecular formula is C15H22BrNO. The van der Waals surface area contributed by atoms with Crippen molar-refractivity contribution < 1.29 is 4.74 Å². The highest BCUT2D eigenvalue weighted by Crippen LogP contribution is 2.48. The van der Waals surface area contributed by atoms with Gasteiger partial charge < -0.3 is 10.1 Å². The van der Waals surface area contributed by atoms with Crippen molar-refractivity contribution in [2.45, 2.75) is 45.3 Å². The lowest BCUT2D eigenvalue weighted by Gasteiger charge is -2.55. The number of halogens is 1. The Morgan fingerprint density at radius 1 is 1.28 bits per heavy atom. The average molecular weight is 312 g/mol. The summed E-state index contributed by atoms with van der Waals surface area (Å²) in [6.07, 6.45) is 3.77. The van der Waals surface area contributed by atoms with Gasteiger partial charge in [0.05, 0.1) is 0 Å². The highest BCUT2D eigenvalue weighted by molar-refractivity contribution is 9.10. The van der Waals surface area contributed by atoms with Crippen molar-refractivity contribution in [2.24, 2.45) is 5.41 Å².